The van der Waals surface area contributed by atoms with Crippen LogP contribution in [-0.4, -0.2) is 41.5 Å². The number of methoxy groups -OCH3 is 1. The molecule has 2 atom stereocenters. The van der Waals surface area contributed by atoms with E-state index in [1.165, 1.54) is 0 Å². The molecule has 1 fully saturated rings. The summed E-state index contributed by atoms with van der Waals surface area (Å²) in [6, 6.07) is 7.45. The topological polar surface area (TPSA) is 95.4 Å². The van der Waals surface area contributed by atoms with Gasteiger partial charge in [0.1, 0.15) is 18.1 Å². The van der Waals surface area contributed by atoms with Crippen molar-refractivity contribution in [3.8, 4) is 17.2 Å². The van der Waals surface area contributed by atoms with Crippen LogP contribution in [0.1, 0.15) is 30.4 Å². The van der Waals surface area contributed by atoms with Gasteiger partial charge in [0.15, 0.2) is 5.82 Å². The number of nitrogens with zero attached hydrogens (tertiary/aromatic N) is 3. The Morgan fingerprint density at radius 2 is 2.08 bits per heavy atom. The molecule has 1 aromatic carbocycles. The van der Waals surface area contributed by atoms with Crippen molar-refractivity contribution in [3.63, 3.8) is 0 Å². The summed E-state index contributed by atoms with van der Waals surface area (Å²) >= 11 is 0. The van der Waals surface area contributed by atoms with E-state index < -0.39 is 0 Å². The zero-order chi connectivity index (χ0) is 17.9. The fourth-order valence-corrected chi connectivity index (χ4v) is 2.89. The van der Waals surface area contributed by atoms with Gasteiger partial charge < -0.3 is 23.7 Å². The third-order valence-electron chi connectivity index (χ3n) is 4.29. The highest BCUT2D eigenvalue weighted by Crippen LogP contribution is 2.23. The van der Waals surface area contributed by atoms with E-state index in [1.807, 2.05) is 31.2 Å². The number of hydrogen-bond acceptors (Lipinski definition) is 8. The van der Waals surface area contributed by atoms with Crippen molar-refractivity contribution in [2.45, 2.75) is 25.5 Å². The second-order valence-corrected chi connectivity index (χ2v) is 6.11. The standard InChI is InChI=1S/C18H20N4O4/c1-11-16(19-7-8-24-11)18-21-15(22-26-18)9-13-10-25-17(20-13)12-3-5-14(23-2)6-4-12/h3-6,10-11,16,19H,7-9H2,1-2H3/t11-,16+/m1/s1. The number of rotatable bonds is 5. The summed E-state index contributed by atoms with van der Waals surface area (Å²) in [4.78, 5) is 8.96. The lowest BCUT2D eigenvalue weighted by molar-refractivity contribution is -0.00136. The summed E-state index contributed by atoms with van der Waals surface area (Å²) in [6.07, 6.45) is 2.04. The number of benzene rings is 1. The lowest BCUT2D eigenvalue weighted by atomic mass is 10.1. The maximum Gasteiger partial charge on any atom is 0.246 e. The first kappa shape index (κ1) is 16.7. The quantitative estimate of drug-likeness (QED) is 0.744. The molecule has 0 aliphatic carbocycles. The van der Waals surface area contributed by atoms with E-state index in [0.29, 0.717) is 30.6 Å². The summed E-state index contributed by atoms with van der Waals surface area (Å²) in [5.74, 6) is 2.43. The number of hydrogen-bond donors (Lipinski definition) is 1. The first-order valence-electron chi connectivity index (χ1n) is 8.49. The second kappa shape index (κ2) is 7.27. The minimum absolute atomic E-state index is 0.00854. The van der Waals surface area contributed by atoms with Gasteiger partial charge in [-0.25, -0.2) is 4.98 Å². The number of ether oxygens (including phenoxy) is 2. The van der Waals surface area contributed by atoms with Crippen LogP contribution in [0.2, 0.25) is 0 Å². The Bertz CT molecular complexity index is 858. The van der Waals surface area contributed by atoms with Gasteiger partial charge in [-0.05, 0) is 31.2 Å². The van der Waals surface area contributed by atoms with Gasteiger partial charge in [0, 0.05) is 12.1 Å². The summed E-state index contributed by atoms with van der Waals surface area (Å²) < 4.78 is 21.7. The largest absolute Gasteiger partial charge is 0.497 e. The van der Waals surface area contributed by atoms with Gasteiger partial charge in [-0.1, -0.05) is 5.16 Å². The Labute approximate surface area is 150 Å². The van der Waals surface area contributed by atoms with Crippen molar-refractivity contribution in [3.05, 3.63) is 47.9 Å². The van der Waals surface area contributed by atoms with E-state index in [1.54, 1.807) is 13.4 Å². The molecule has 2 aromatic heterocycles. The van der Waals surface area contributed by atoms with Gasteiger partial charge in [0.05, 0.1) is 31.9 Å². The predicted octanol–water partition coefficient (Wildman–Crippen LogP) is 2.37. The molecule has 0 saturated carbocycles. The van der Waals surface area contributed by atoms with Gasteiger partial charge in [0.2, 0.25) is 11.8 Å². The molecule has 0 spiro atoms. The average Bonchev–Trinajstić information content (AvgIpc) is 3.32. The van der Waals surface area contributed by atoms with Gasteiger partial charge in [-0.2, -0.15) is 4.98 Å². The highest BCUT2D eigenvalue weighted by molar-refractivity contribution is 5.54. The van der Waals surface area contributed by atoms with Crippen molar-refractivity contribution in [2.75, 3.05) is 20.3 Å². The summed E-state index contributed by atoms with van der Waals surface area (Å²) in [7, 11) is 1.63. The Morgan fingerprint density at radius 1 is 1.23 bits per heavy atom. The maximum absolute atomic E-state index is 5.61. The Hall–Kier alpha value is -2.71. The highest BCUT2D eigenvalue weighted by atomic mass is 16.5. The molecule has 3 aromatic rings. The molecule has 1 N–H and O–H groups in total. The van der Waals surface area contributed by atoms with Crippen molar-refractivity contribution >= 4 is 0 Å². The van der Waals surface area contributed by atoms with Gasteiger partial charge in [-0.3, -0.25) is 0 Å². The van der Waals surface area contributed by atoms with E-state index in [4.69, 9.17) is 18.4 Å². The highest BCUT2D eigenvalue weighted by Gasteiger charge is 2.28. The fourth-order valence-electron chi connectivity index (χ4n) is 2.89. The smallest absolute Gasteiger partial charge is 0.246 e. The van der Waals surface area contributed by atoms with E-state index in [0.717, 1.165) is 23.6 Å². The lowest BCUT2D eigenvalue weighted by Crippen LogP contribution is -2.40. The van der Waals surface area contributed by atoms with Crippen LogP contribution in [0.4, 0.5) is 0 Å². The van der Waals surface area contributed by atoms with Crippen LogP contribution in [-0.2, 0) is 11.2 Å². The third-order valence-corrected chi connectivity index (χ3v) is 4.29. The van der Waals surface area contributed by atoms with Gasteiger partial charge >= 0.3 is 0 Å². The molecule has 3 heterocycles. The second-order valence-electron chi connectivity index (χ2n) is 6.11. The zero-order valence-corrected chi connectivity index (χ0v) is 14.6. The summed E-state index contributed by atoms with van der Waals surface area (Å²) in [5.41, 5.74) is 1.62. The minimum atomic E-state index is -0.0860. The fraction of sp³-hybridized carbons (Fsp3) is 0.389. The number of nitrogens with one attached hydrogen (secondary N) is 1. The van der Waals surface area contributed by atoms with E-state index in [2.05, 4.69) is 20.4 Å². The molecule has 1 saturated heterocycles. The molecule has 4 rings (SSSR count). The molecule has 8 nitrogen and oxygen atoms in total. The van der Waals surface area contributed by atoms with Crippen LogP contribution in [0.3, 0.4) is 0 Å². The SMILES string of the molecule is COc1ccc(-c2nc(Cc3noc([C@H]4NCCO[C@@H]4C)n3)co2)cc1. The van der Waals surface area contributed by atoms with Crippen molar-refractivity contribution < 1.29 is 18.4 Å². The van der Waals surface area contributed by atoms with Crippen LogP contribution in [0.5, 0.6) is 5.75 Å². The molecule has 0 unspecified atom stereocenters. The Morgan fingerprint density at radius 3 is 2.85 bits per heavy atom. The molecule has 0 radical (unpaired) electrons. The van der Waals surface area contributed by atoms with Crippen molar-refractivity contribution in [1.82, 2.24) is 20.4 Å². The van der Waals surface area contributed by atoms with E-state index in [-0.39, 0.29) is 12.1 Å². The average molecular weight is 356 g/mol. The Kier molecular flexibility index (Phi) is 4.68. The normalized spacial score (nSPS) is 20.2. The number of oxazole rings is 1. The summed E-state index contributed by atoms with van der Waals surface area (Å²) in [6.45, 7) is 3.44. The first-order chi connectivity index (χ1) is 12.7. The van der Waals surface area contributed by atoms with Crippen LogP contribution < -0.4 is 10.1 Å². The van der Waals surface area contributed by atoms with E-state index >= 15 is 0 Å². The third kappa shape index (κ3) is 3.47. The lowest BCUT2D eigenvalue weighted by Gasteiger charge is -2.27. The maximum atomic E-state index is 5.61. The predicted molar refractivity (Wildman–Crippen MR) is 91.8 cm³/mol. The van der Waals surface area contributed by atoms with E-state index in [9.17, 15) is 0 Å². The molecule has 0 bridgehead atoms. The molecule has 26 heavy (non-hydrogen) atoms. The van der Waals surface area contributed by atoms with Gasteiger partial charge in [-0.15, -0.1) is 0 Å². The van der Waals surface area contributed by atoms with Crippen LogP contribution >= 0.6 is 0 Å². The monoisotopic (exact) mass is 356 g/mol. The molecular formula is C18H20N4O4. The molecular weight excluding hydrogens is 336 g/mol. The molecule has 1 aliphatic rings. The van der Waals surface area contributed by atoms with Crippen LogP contribution in [0.25, 0.3) is 11.5 Å². The molecule has 0 amide bonds. The van der Waals surface area contributed by atoms with Crippen LogP contribution in [0, 0.1) is 0 Å². The zero-order valence-electron chi connectivity index (χ0n) is 14.6. The van der Waals surface area contributed by atoms with Gasteiger partial charge in [0.25, 0.3) is 0 Å². The molecule has 1 aliphatic heterocycles. The number of morpholine rings is 1. The van der Waals surface area contributed by atoms with Crippen LogP contribution in [0.15, 0.2) is 39.5 Å². The van der Waals surface area contributed by atoms with Crippen molar-refractivity contribution in [2.24, 2.45) is 0 Å². The van der Waals surface area contributed by atoms with Crippen molar-refractivity contribution in [1.29, 1.82) is 0 Å². The minimum Gasteiger partial charge on any atom is -0.497 e. The Balaban J connectivity index is 1.45. The number of aromatic nitrogens is 3. The molecule has 8 heteroatoms. The summed E-state index contributed by atoms with van der Waals surface area (Å²) in [5, 5.41) is 7.38. The first-order valence-corrected chi connectivity index (χ1v) is 8.49. The molecule has 136 valence electrons.